The van der Waals surface area contributed by atoms with Gasteiger partial charge in [-0.15, -0.1) is 0 Å². The number of imidazole rings is 1. The van der Waals surface area contributed by atoms with E-state index >= 15 is 0 Å². The SMILES string of the molecule is Cc1ncc(Cl)cc1C(=O)N[C@H]1CC[C@H](Cn2c(=O)n(-c3ccc(C(=O)Nc4ccccn4)nc3)c3ccccc32)CC1. The van der Waals surface area contributed by atoms with Gasteiger partial charge in [0.15, 0.2) is 0 Å². The van der Waals surface area contributed by atoms with Gasteiger partial charge in [-0.25, -0.2) is 14.8 Å². The van der Waals surface area contributed by atoms with E-state index in [1.165, 1.54) is 12.4 Å². The van der Waals surface area contributed by atoms with Crippen LogP contribution >= 0.6 is 11.6 Å². The fourth-order valence-corrected chi connectivity index (χ4v) is 5.81. The second kappa shape index (κ2) is 12.2. The van der Waals surface area contributed by atoms with Crippen LogP contribution in [0.15, 0.2) is 84.0 Å². The van der Waals surface area contributed by atoms with E-state index in [4.69, 9.17) is 11.6 Å². The van der Waals surface area contributed by atoms with E-state index in [1.807, 2.05) is 28.8 Å². The van der Waals surface area contributed by atoms with Gasteiger partial charge in [0.2, 0.25) is 0 Å². The maximum Gasteiger partial charge on any atom is 0.333 e. The quantitative estimate of drug-likeness (QED) is 0.267. The number of pyridine rings is 3. The number of nitrogens with zero attached hydrogens (tertiary/aromatic N) is 5. The van der Waals surface area contributed by atoms with Crippen LogP contribution in [0.2, 0.25) is 5.02 Å². The van der Waals surface area contributed by atoms with Crippen LogP contribution in [0.4, 0.5) is 5.82 Å². The summed E-state index contributed by atoms with van der Waals surface area (Å²) in [5.41, 5.74) is 3.38. The molecule has 0 spiro atoms. The molecule has 4 heterocycles. The van der Waals surface area contributed by atoms with Crippen LogP contribution in [-0.2, 0) is 6.54 Å². The van der Waals surface area contributed by atoms with Crippen molar-refractivity contribution in [2.75, 3.05) is 5.32 Å². The molecule has 0 saturated heterocycles. The third-order valence-corrected chi connectivity index (χ3v) is 8.11. The smallest absolute Gasteiger partial charge is 0.333 e. The molecule has 2 N–H and O–H groups in total. The van der Waals surface area contributed by atoms with E-state index in [0.717, 1.165) is 36.7 Å². The zero-order valence-electron chi connectivity index (χ0n) is 23.5. The highest BCUT2D eigenvalue weighted by Crippen LogP contribution is 2.28. The van der Waals surface area contributed by atoms with Gasteiger partial charge in [0, 0.05) is 25.0 Å². The first-order valence-electron chi connectivity index (χ1n) is 14.2. The Balaban J connectivity index is 1.15. The molecule has 1 aliphatic carbocycles. The Morgan fingerprint density at radius 2 is 1.67 bits per heavy atom. The number of halogens is 1. The molecule has 6 rings (SSSR count). The molecule has 5 aromatic rings. The number of anilines is 1. The lowest BCUT2D eigenvalue weighted by Crippen LogP contribution is -2.39. The molecule has 1 aromatic carbocycles. The fraction of sp³-hybridized carbons (Fsp3) is 0.250. The third kappa shape index (κ3) is 6.05. The molecule has 0 aliphatic heterocycles. The van der Waals surface area contributed by atoms with Gasteiger partial charge < -0.3 is 10.6 Å². The van der Waals surface area contributed by atoms with Crippen LogP contribution < -0.4 is 16.3 Å². The third-order valence-electron chi connectivity index (χ3n) is 7.90. The number of hydrogen-bond donors (Lipinski definition) is 2. The first-order valence-corrected chi connectivity index (χ1v) is 14.6. The van der Waals surface area contributed by atoms with Crippen LogP contribution in [0, 0.1) is 12.8 Å². The highest BCUT2D eigenvalue weighted by atomic mass is 35.5. The summed E-state index contributed by atoms with van der Waals surface area (Å²) in [6, 6.07) is 18.0. The normalized spacial score (nSPS) is 16.6. The summed E-state index contributed by atoms with van der Waals surface area (Å²) in [4.78, 5) is 51.9. The van der Waals surface area contributed by atoms with Crippen molar-refractivity contribution in [3.05, 3.63) is 112 Å². The van der Waals surface area contributed by atoms with Crippen molar-refractivity contribution in [1.29, 1.82) is 0 Å². The Bertz CT molecular complexity index is 1840. The summed E-state index contributed by atoms with van der Waals surface area (Å²) in [6.07, 6.45) is 8.07. The summed E-state index contributed by atoms with van der Waals surface area (Å²) < 4.78 is 3.46. The molecule has 218 valence electrons. The van der Waals surface area contributed by atoms with Crippen molar-refractivity contribution < 1.29 is 9.59 Å². The summed E-state index contributed by atoms with van der Waals surface area (Å²) >= 11 is 6.05. The topological polar surface area (TPSA) is 124 Å². The monoisotopic (exact) mass is 595 g/mol. The molecular weight excluding hydrogens is 566 g/mol. The lowest BCUT2D eigenvalue weighted by Gasteiger charge is -2.29. The van der Waals surface area contributed by atoms with Crippen molar-refractivity contribution in [3.63, 3.8) is 0 Å². The zero-order valence-corrected chi connectivity index (χ0v) is 24.3. The predicted molar refractivity (Wildman–Crippen MR) is 165 cm³/mol. The highest BCUT2D eigenvalue weighted by Gasteiger charge is 2.26. The maximum atomic E-state index is 13.8. The Hall–Kier alpha value is -4.83. The molecule has 0 bridgehead atoms. The highest BCUT2D eigenvalue weighted by molar-refractivity contribution is 6.30. The van der Waals surface area contributed by atoms with Gasteiger partial charge in [-0.2, -0.15) is 0 Å². The van der Waals surface area contributed by atoms with Crippen molar-refractivity contribution in [1.82, 2.24) is 29.4 Å². The first-order chi connectivity index (χ1) is 20.9. The molecule has 0 unspecified atom stereocenters. The van der Waals surface area contributed by atoms with Crippen molar-refractivity contribution in [3.8, 4) is 5.69 Å². The fourth-order valence-electron chi connectivity index (χ4n) is 5.65. The maximum absolute atomic E-state index is 13.8. The minimum absolute atomic E-state index is 0.0552. The molecule has 1 aliphatic rings. The van der Waals surface area contributed by atoms with Gasteiger partial charge in [0.05, 0.1) is 39.2 Å². The molecule has 0 radical (unpaired) electrons. The van der Waals surface area contributed by atoms with Gasteiger partial charge in [-0.1, -0.05) is 29.8 Å². The Labute approximate surface area is 252 Å². The van der Waals surface area contributed by atoms with Crippen LogP contribution in [0.5, 0.6) is 0 Å². The van der Waals surface area contributed by atoms with Gasteiger partial charge in [0.1, 0.15) is 11.5 Å². The first kappa shape index (κ1) is 28.3. The summed E-state index contributed by atoms with van der Waals surface area (Å²) in [6.45, 7) is 2.36. The van der Waals surface area contributed by atoms with E-state index in [1.54, 1.807) is 54.1 Å². The minimum atomic E-state index is -0.383. The number of amides is 2. The van der Waals surface area contributed by atoms with Crippen LogP contribution in [-0.4, -0.2) is 41.9 Å². The lowest BCUT2D eigenvalue weighted by molar-refractivity contribution is 0.0918. The molecule has 2 amide bonds. The van der Waals surface area contributed by atoms with Crippen molar-refractivity contribution in [2.24, 2.45) is 5.92 Å². The van der Waals surface area contributed by atoms with Crippen molar-refractivity contribution in [2.45, 2.75) is 45.2 Å². The molecule has 10 nitrogen and oxygen atoms in total. The van der Waals surface area contributed by atoms with E-state index in [9.17, 15) is 14.4 Å². The largest absolute Gasteiger partial charge is 0.349 e. The average Bonchev–Trinajstić information content (AvgIpc) is 3.30. The number of benzene rings is 1. The number of carbonyl (C=O) groups is 2. The van der Waals surface area contributed by atoms with E-state index in [-0.39, 0.29) is 35.2 Å². The van der Waals surface area contributed by atoms with E-state index in [2.05, 4.69) is 25.6 Å². The molecule has 4 aromatic heterocycles. The number of aryl methyl sites for hydroxylation is 1. The van der Waals surface area contributed by atoms with Gasteiger partial charge >= 0.3 is 5.69 Å². The minimum Gasteiger partial charge on any atom is -0.349 e. The average molecular weight is 596 g/mol. The predicted octanol–water partition coefficient (Wildman–Crippen LogP) is 5.18. The molecule has 1 saturated carbocycles. The second-order valence-electron chi connectivity index (χ2n) is 10.8. The summed E-state index contributed by atoms with van der Waals surface area (Å²) in [5, 5.41) is 6.28. The Morgan fingerprint density at radius 1 is 0.907 bits per heavy atom. The molecular formula is C32H30ClN7O3. The standard InChI is InChI=1S/C32H30ClN7O3/c1-20-25(16-22(33)17-35-20)30(41)37-23-11-9-21(10-12-23)19-39-27-6-2-3-7-28(27)40(32(39)43)24-13-14-26(36-18-24)31(42)38-29-8-4-5-15-34-29/h2-8,13-18,21,23H,9-12,19H2,1H3,(H,37,41)(H,34,38,42)/t21-,23-. The Kier molecular flexibility index (Phi) is 8.02. The number of aromatic nitrogens is 5. The summed E-state index contributed by atoms with van der Waals surface area (Å²) in [5.74, 6) is 0.174. The molecule has 0 atom stereocenters. The number of fused-ring (bicyclic) bond motifs is 1. The van der Waals surface area contributed by atoms with Crippen LogP contribution in [0.1, 0.15) is 52.2 Å². The number of hydrogen-bond acceptors (Lipinski definition) is 6. The van der Waals surface area contributed by atoms with Crippen LogP contribution in [0.25, 0.3) is 16.7 Å². The molecule has 11 heteroatoms. The van der Waals surface area contributed by atoms with E-state index < -0.39 is 0 Å². The Morgan fingerprint density at radius 3 is 2.40 bits per heavy atom. The second-order valence-corrected chi connectivity index (χ2v) is 11.2. The molecule has 43 heavy (non-hydrogen) atoms. The van der Waals surface area contributed by atoms with E-state index in [0.29, 0.717) is 34.3 Å². The number of rotatable bonds is 7. The van der Waals surface area contributed by atoms with Gasteiger partial charge in [-0.05, 0) is 81.0 Å². The van der Waals surface area contributed by atoms with Gasteiger partial charge in [-0.3, -0.25) is 23.7 Å². The summed E-state index contributed by atoms with van der Waals surface area (Å²) in [7, 11) is 0. The number of nitrogens with one attached hydrogen (secondary N) is 2. The lowest BCUT2D eigenvalue weighted by atomic mass is 9.85. The number of carbonyl (C=O) groups excluding carboxylic acids is 2. The van der Waals surface area contributed by atoms with Crippen molar-refractivity contribution >= 4 is 40.3 Å². The zero-order chi connectivity index (χ0) is 29.9. The van der Waals surface area contributed by atoms with Gasteiger partial charge in [0.25, 0.3) is 11.8 Å². The van der Waals surface area contributed by atoms with Crippen LogP contribution in [0.3, 0.4) is 0 Å². The molecule has 1 fully saturated rings. The number of para-hydroxylation sites is 2.